The number of amides is 4. The molecule has 2 aromatic heterocycles. The van der Waals surface area contributed by atoms with E-state index in [4.69, 9.17) is 10.2 Å². The van der Waals surface area contributed by atoms with E-state index < -0.39 is 12.2 Å². The van der Waals surface area contributed by atoms with Crippen molar-refractivity contribution in [3.05, 3.63) is 70.8 Å². The van der Waals surface area contributed by atoms with Crippen LogP contribution >= 0.6 is 0 Å². The number of imidazole rings is 2. The van der Waals surface area contributed by atoms with Gasteiger partial charge in [-0.25, -0.2) is 19.6 Å². The molecule has 0 spiro atoms. The number of hydrogen-bond acceptors (Lipinski definition) is 10. The molecule has 0 fully saturated rings. The summed E-state index contributed by atoms with van der Waals surface area (Å²) in [6.45, 7) is 25.6. The number of ether oxygens (including phenoxy) is 2. The van der Waals surface area contributed by atoms with Crippen LogP contribution in [0.1, 0.15) is 143 Å². The van der Waals surface area contributed by atoms with Crippen LogP contribution in [-0.4, -0.2) is 119 Å². The van der Waals surface area contributed by atoms with Crippen molar-refractivity contribution in [3.63, 3.8) is 0 Å². The molecular weight excluding hydrogens is 913 g/mol. The second-order valence-electron chi connectivity index (χ2n) is 11.3. The van der Waals surface area contributed by atoms with Crippen LogP contribution in [0.15, 0.2) is 36.7 Å². The SMILES string of the molecule is C#C.C#C.C#C.C#C.C#C.CC.CC.CC.CCC.CCC.CCCN(Cc1ncc(C#Cc2ccc(C#Cc3cnc(CN(CCC)C(=O)CNC(=O)OC)[nH]3)cc2)[nH]1)C(=O)CNC(=O)OC.CO.CO. The smallest absolute Gasteiger partial charge is 0.407 e. The molecule has 4 amide bonds. The maximum atomic E-state index is 12.5. The number of carbonyl (C=O) groups is 4. The minimum atomic E-state index is -0.665. The van der Waals surface area contributed by atoms with Crippen LogP contribution in [0.5, 0.6) is 0 Å². The maximum Gasteiger partial charge on any atom is 0.407 e. The average molecular weight is 1000 g/mol. The first-order valence-electron chi connectivity index (χ1n) is 23.0. The summed E-state index contributed by atoms with van der Waals surface area (Å²) >= 11 is 0. The number of hydrogen-bond donors (Lipinski definition) is 6. The number of H-pyrrole nitrogens is 2. The molecule has 0 aliphatic heterocycles. The number of benzene rings is 1. The number of terminal acetylenes is 5. The number of aliphatic hydroxyl groups is 2. The molecule has 0 aliphatic rings. The van der Waals surface area contributed by atoms with Gasteiger partial charge < -0.3 is 50.1 Å². The Bertz CT molecular complexity index is 1730. The van der Waals surface area contributed by atoms with E-state index in [-0.39, 0.29) is 38.0 Å². The fourth-order valence-electron chi connectivity index (χ4n) is 4.08. The van der Waals surface area contributed by atoms with Crippen LogP contribution in [0, 0.1) is 87.9 Å². The molecule has 0 aliphatic carbocycles. The van der Waals surface area contributed by atoms with Crippen LogP contribution in [0.25, 0.3) is 0 Å². The van der Waals surface area contributed by atoms with Crippen molar-refractivity contribution in [1.29, 1.82) is 0 Å². The van der Waals surface area contributed by atoms with E-state index in [1.54, 1.807) is 22.2 Å². The number of nitrogens with one attached hydrogen (secondary N) is 4. The van der Waals surface area contributed by atoms with Crippen molar-refractivity contribution in [2.75, 3.05) is 54.6 Å². The quantitative estimate of drug-likeness (QED) is 0.0952. The second-order valence-corrected chi connectivity index (χ2v) is 11.3. The largest absolute Gasteiger partial charge is 0.453 e. The van der Waals surface area contributed by atoms with E-state index >= 15 is 0 Å². The summed E-state index contributed by atoms with van der Waals surface area (Å²) in [6.07, 6.45) is 45.9. The Kier molecular flexibility index (Phi) is 93.3. The van der Waals surface area contributed by atoms with Crippen molar-refractivity contribution in [1.82, 2.24) is 40.4 Å². The number of methoxy groups -OCH3 is 2. The monoisotopic (exact) mass is 1000 g/mol. The highest BCUT2D eigenvalue weighted by Gasteiger charge is 2.17. The Morgan fingerprint density at radius 2 is 0.778 bits per heavy atom. The number of carbonyl (C=O) groups excluding carboxylic acids is 4. The zero-order chi connectivity index (χ0) is 58.7. The third-order valence-electron chi connectivity index (χ3n) is 6.34. The maximum absolute atomic E-state index is 12.5. The van der Waals surface area contributed by atoms with Gasteiger partial charge in [-0.05, 0) is 48.9 Å². The summed E-state index contributed by atoms with van der Waals surface area (Å²) in [5, 5.41) is 18.8. The molecule has 402 valence electrons. The van der Waals surface area contributed by atoms with Crippen LogP contribution in [0.4, 0.5) is 9.59 Å². The molecule has 0 saturated heterocycles. The van der Waals surface area contributed by atoms with Crippen LogP contribution in [0.2, 0.25) is 0 Å². The van der Waals surface area contributed by atoms with Gasteiger partial charge in [-0.3, -0.25) is 9.59 Å². The Hall–Kier alpha value is -8.04. The van der Waals surface area contributed by atoms with Gasteiger partial charge in [-0.1, -0.05) is 108 Å². The Morgan fingerprint density at radius 3 is 1.00 bits per heavy atom. The Morgan fingerprint density at radius 1 is 0.528 bits per heavy atom. The van der Waals surface area contributed by atoms with E-state index in [2.05, 4.69) is 156 Å². The lowest BCUT2D eigenvalue weighted by Gasteiger charge is -2.21. The van der Waals surface area contributed by atoms with Gasteiger partial charge in [0.2, 0.25) is 11.8 Å². The number of alkyl carbamates (subject to hydrolysis) is 2. The predicted octanol–water partition coefficient (Wildman–Crippen LogP) is 8.50. The lowest BCUT2D eigenvalue weighted by molar-refractivity contribution is -0.131. The summed E-state index contributed by atoms with van der Waals surface area (Å²) in [6, 6.07) is 7.44. The molecule has 0 saturated carbocycles. The van der Waals surface area contributed by atoms with Gasteiger partial charge in [0.05, 0.1) is 39.7 Å². The number of aliphatic hydroxyl groups excluding tert-OH is 2. The first-order valence-corrected chi connectivity index (χ1v) is 23.0. The third kappa shape index (κ3) is 52.9. The minimum absolute atomic E-state index is 0.164. The number of rotatable bonds is 12. The number of aromatic nitrogens is 4. The topological polar surface area (TPSA) is 215 Å². The first-order chi connectivity index (χ1) is 35.1. The third-order valence-corrected chi connectivity index (χ3v) is 6.34. The normalized spacial score (nSPS) is 7.44. The molecule has 16 nitrogen and oxygen atoms in total. The Labute approximate surface area is 437 Å². The summed E-state index contributed by atoms with van der Waals surface area (Å²) in [5.41, 5.74) is 2.77. The van der Waals surface area contributed by atoms with Crippen LogP contribution < -0.4 is 10.6 Å². The van der Waals surface area contributed by atoms with E-state index in [0.29, 0.717) is 36.1 Å². The molecule has 0 unspecified atom stereocenters. The summed E-state index contributed by atoms with van der Waals surface area (Å²) in [4.78, 5) is 65.7. The molecular formula is C56H90N8O8. The van der Waals surface area contributed by atoms with Crippen molar-refractivity contribution in [2.24, 2.45) is 0 Å². The average Bonchev–Trinajstić information content (AvgIpc) is 4.13. The van der Waals surface area contributed by atoms with Gasteiger partial charge in [-0.15, -0.1) is 64.2 Å². The number of aromatic amines is 2. The van der Waals surface area contributed by atoms with E-state index in [0.717, 1.165) is 38.2 Å². The van der Waals surface area contributed by atoms with E-state index in [1.165, 1.54) is 27.1 Å². The van der Waals surface area contributed by atoms with Crippen molar-refractivity contribution in [3.8, 4) is 87.9 Å². The fourth-order valence-corrected chi connectivity index (χ4v) is 4.08. The minimum Gasteiger partial charge on any atom is -0.453 e. The van der Waals surface area contributed by atoms with Crippen molar-refractivity contribution < 1.29 is 38.9 Å². The molecule has 0 bridgehead atoms. The second kappa shape index (κ2) is 77.2. The lowest BCUT2D eigenvalue weighted by atomic mass is 10.1. The molecule has 16 heteroatoms. The van der Waals surface area contributed by atoms with Crippen LogP contribution in [-0.2, 0) is 32.2 Å². The van der Waals surface area contributed by atoms with Gasteiger partial charge in [0.25, 0.3) is 0 Å². The molecule has 6 N–H and O–H groups in total. The van der Waals surface area contributed by atoms with E-state index in [9.17, 15) is 19.2 Å². The summed E-state index contributed by atoms with van der Waals surface area (Å²) < 4.78 is 9.03. The van der Waals surface area contributed by atoms with Crippen LogP contribution in [0.3, 0.4) is 0 Å². The molecule has 2 heterocycles. The Balaban J connectivity index is -0.000000159. The highest BCUT2D eigenvalue weighted by Crippen LogP contribution is 2.07. The molecule has 1 aromatic carbocycles. The highest BCUT2D eigenvalue weighted by molar-refractivity contribution is 5.82. The standard InChI is InChI=1S/C32H38N8O6.2C3H8.3C2H6.5C2H2.2CH4O/c1-5-15-39(29(41)19-35-31(43)45-3)21-27-33-17-25(37-27)13-11-23-7-9-24(10-8-23)12-14-26-18-34-28(38-26)22-40(16-6-2)30(42)20-36-32(44)46-4;2*1-3-2;10*1-2/h7-10,17-18H,5-6,15-16,19-22H2,1-4H3,(H,33,37)(H,34,38)(H,35,43)(H,36,44);2*3H2,1-2H3;3*1-2H3;5*1-2H;2*2H,1H3. The zero-order valence-corrected chi connectivity index (χ0v) is 46.4. The molecule has 3 aromatic rings. The van der Waals surface area contributed by atoms with Gasteiger partial charge in [0.1, 0.15) is 36.1 Å². The predicted molar refractivity (Wildman–Crippen MR) is 300 cm³/mol. The van der Waals surface area contributed by atoms with Crippen molar-refractivity contribution in [2.45, 2.75) is 122 Å². The molecule has 0 radical (unpaired) electrons. The van der Waals surface area contributed by atoms with Gasteiger partial charge in [0, 0.05) is 38.4 Å². The number of nitrogens with zero attached hydrogens (tertiary/aromatic N) is 4. The fraction of sp³-hybridized carbons (Fsp3) is 0.464. The molecule has 72 heavy (non-hydrogen) atoms. The zero-order valence-electron chi connectivity index (χ0n) is 46.4. The molecule has 0 atom stereocenters. The van der Waals surface area contributed by atoms with Gasteiger partial charge in [0.15, 0.2) is 0 Å². The summed E-state index contributed by atoms with van der Waals surface area (Å²) in [7, 11) is 4.48. The lowest BCUT2D eigenvalue weighted by Crippen LogP contribution is -2.40. The highest BCUT2D eigenvalue weighted by atomic mass is 16.5. The first kappa shape index (κ1) is 87.1. The van der Waals surface area contributed by atoms with Gasteiger partial charge in [-0.2, -0.15) is 0 Å². The summed E-state index contributed by atoms with van der Waals surface area (Å²) in [5.74, 6) is 12.9. The molecule has 3 rings (SSSR count). The van der Waals surface area contributed by atoms with Gasteiger partial charge >= 0.3 is 12.2 Å². The van der Waals surface area contributed by atoms with Crippen molar-refractivity contribution >= 4 is 24.0 Å². The van der Waals surface area contributed by atoms with E-state index in [1.807, 2.05) is 79.7 Å².